The maximum absolute atomic E-state index is 13.0. The van der Waals surface area contributed by atoms with Crippen molar-refractivity contribution in [3.05, 3.63) is 59.0 Å². The topological polar surface area (TPSA) is 75.9 Å². The molecule has 0 bridgehead atoms. The number of carbonyl (C=O) groups excluding carboxylic acids is 1. The van der Waals surface area contributed by atoms with Gasteiger partial charge in [-0.1, -0.05) is 0 Å². The van der Waals surface area contributed by atoms with Crippen molar-refractivity contribution in [1.82, 2.24) is 24.7 Å². The number of nitrogens with zero attached hydrogens (tertiary/aromatic N) is 6. The van der Waals surface area contributed by atoms with Crippen molar-refractivity contribution >= 4 is 28.7 Å². The molecule has 10 heteroatoms. The first-order chi connectivity index (χ1) is 15.2. The Morgan fingerprint density at radius 3 is 2.58 bits per heavy atom. The van der Waals surface area contributed by atoms with Gasteiger partial charge in [-0.15, -0.1) is 15.3 Å². The number of fused-ring (bicyclic) bond motifs is 1. The van der Waals surface area contributed by atoms with Gasteiger partial charge in [0.1, 0.15) is 17.4 Å². The Labute approximate surface area is 181 Å². The quantitative estimate of drug-likeness (QED) is 0.477. The number of hydrogen-bond acceptors (Lipinski definition) is 7. The van der Waals surface area contributed by atoms with Gasteiger partial charge in [0.05, 0.1) is 0 Å². The molecular weight excluding hydrogens is 419 g/mol. The average Bonchev–Trinajstić information content (AvgIpc) is 3.48. The number of anilines is 1. The van der Waals surface area contributed by atoms with Crippen LogP contribution in [0.25, 0.3) is 17.0 Å². The van der Waals surface area contributed by atoms with Crippen molar-refractivity contribution in [2.24, 2.45) is 0 Å². The normalized spacial score (nSPS) is 14.2. The summed E-state index contributed by atoms with van der Waals surface area (Å²) >= 11 is 1.60. The predicted molar refractivity (Wildman–Crippen MR) is 115 cm³/mol. The minimum atomic E-state index is -0.337. The van der Waals surface area contributed by atoms with Crippen molar-refractivity contribution in [2.45, 2.75) is 0 Å². The highest BCUT2D eigenvalue weighted by Crippen LogP contribution is 2.22. The van der Waals surface area contributed by atoms with Crippen molar-refractivity contribution in [2.75, 3.05) is 37.7 Å². The molecule has 0 N–H and O–H groups in total. The summed E-state index contributed by atoms with van der Waals surface area (Å²) in [4.78, 5) is 16.4. The first kappa shape index (κ1) is 19.4. The van der Waals surface area contributed by atoms with Gasteiger partial charge in [-0.25, -0.2) is 4.39 Å². The van der Waals surface area contributed by atoms with Crippen LogP contribution in [-0.2, 0) is 4.79 Å². The van der Waals surface area contributed by atoms with Gasteiger partial charge in [0.25, 0.3) is 5.91 Å². The van der Waals surface area contributed by atoms with Crippen LogP contribution in [0.5, 0.6) is 5.75 Å². The molecule has 31 heavy (non-hydrogen) atoms. The summed E-state index contributed by atoms with van der Waals surface area (Å²) in [6.45, 7) is 2.41. The van der Waals surface area contributed by atoms with E-state index in [2.05, 4.69) is 15.1 Å². The number of rotatable bonds is 5. The first-order valence-corrected chi connectivity index (χ1v) is 10.8. The van der Waals surface area contributed by atoms with Crippen molar-refractivity contribution in [3.8, 4) is 17.1 Å². The Hall–Kier alpha value is -3.53. The van der Waals surface area contributed by atoms with E-state index in [1.165, 1.54) is 24.3 Å². The number of halogens is 1. The molecule has 1 amide bonds. The third-order valence-corrected chi connectivity index (χ3v) is 5.84. The molecule has 0 spiro atoms. The lowest BCUT2D eigenvalue weighted by molar-refractivity contribution is -0.133. The molecule has 4 heterocycles. The van der Waals surface area contributed by atoms with Crippen molar-refractivity contribution < 1.29 is 13.9 Å². The van der Waals surface area contributed by atoms with E-state index in [0.717, 1.165) is 11.4 Å². The maximum Gasteiger partial charge on any atom is 0.260 e. The molecule has 1 fully saturated rings. The molecule has 1 aliphatic heterocycles. The second kappa shape index (κ2) is 8.31. The van der Waals surface area contributed by atoms with E-state index in [9.17, 15) is 9.18 Å². The van der Waals surface area contributed by atoms with E-state index in [1.807, 2.05) is 29.0 Å². The second-order valence-electron chi connectivity index (χ2n) is 7.11. The summed E-state index contributed by atoms with van der Waals surface area (Å²) in [5.41, 5.74) is 1.68. The van der Waals surface area contributed by atoms with Crippen LogP contribution in [0.4, 0.5) is 10.2 Å². The lowest BCUT2D eigenvalue weighted by atomic mass is 10.3. The summed E-state index contributed by atoms with van der Waals surface area (Å²) in [5, 5.41) is 17.2. The zero-order valence-corrected chi connectivity index (χ0v) is 17.3. The van der Waals surface area contributed by atoms with Crippen molar-refractivity contribution in [1.29, 1.82) is 0 Å². The van der Waals surface area contributed by atoms with Crippen molar-refractivity contribution in [3.63, 3.8) is 0 Å². The van der Waals surface area contributed by atoms with Gasteiger partial charge in [-0.2, -0.15) is 15.9 Å². The third-order valence-electron chi connectivity index (χ3n) is 5.16. The number of thiophene rings is 1. The number of benzene rings is 1. The molecule has 3 aromatic heterocycles. The van der Waals surface area contributed by atoms with Crippen LogP contribution in [0, 0.1) is 5.82 Å². The second-order valence-corrected chi connectivity index (χ2v) is 7.89. The highest BCUT2D eigenvalue weighted by Gasteiger charge is 2.23. The fraction of sp³-hybridized carbons (Fsp3) is 0.238. The molecular formula is C21H19FN6O2S. The molecule has 5 rings (SSSR count). The number of carbonyl (C=O) groups is 1. The first-order valence-electron chi connectivity index (χ1n) is 9.83. The largest absolute Gasteiger partial charge is 0.484 e. The summed E-state index contributed by atoms with van der Waals surface area (Å²) in [6.07, 6.45) is 0. The van der Waals surface area contributed by atoms with Crippen LogP contribution in [0.2, 0.25) is 0 Å². The number of hydrogen-bond donors (Lipinski definition) is 0. The van der Waals surface area contributed by atoms with Gasteiger partial charge < -0.3 is 14.5 Å². The molecule has 0 aliphatic carbocycles. The Morgan fingerprint density at radius 1 is 1.03 bits per heavy atom. The maximum atomic E-state index is 13.0. The molecule has 8 nitrogen and oxygen atoms in total. The summed E-state index contributed by atoms with van der Waals surface area (Å²) in [6, 6.07) is 11.5. The molecule has 4 aromatic rings. The molecule has 0 atom stereocenters. The Morgan fingerprint density at radius 2 is 1.84 bits per heavy atom. The monoisotopic (exact) mass is 438 g/mol. The minimum Gasteiger partial charge on any atom is -0.484 e. The standard InChI is InChI=1S/C21H19FN6O2S/c22-16-1-3-17(4-2-16)30-13-20(29)27-10-8-26(9-11-27)19-6-5-18-23-24-21(28(18)25-19)15-7-12-31-14-15/h1-7,12,14H,8-11,13H2. The van der Waals surface area contributed by atoms with E-state index in [1.54, 1.807) is 20.8 Å². The van der Waals surface area contributed by atoms with Crippen LogP contribution in [0.1, 0.15) is 0 Å². The van der Waals surface area contributed by atoms with Crippen LogP contribution < -0.4 is 9.64 Å². The van der Waals surface area contributed by atoms with Gasteiger partial charge in [0.2, 0.25) is 0 Å². The molecule has 0 saturated carbocycles. The Bertz CT molecular complexity index is 1190. The smallest absolute Gasteiger partial charge is 0.260 e. The van der Waals surface area contributed by atoms with Gasteiger partial charge >= 0.3 is 0 Å². The number of ether oxygens (including phenoxy) is 1. The highest BCUT2D eigenvalue weighted by atomic mass is 32.1. The molecule has 158 valence electrons. The lowest BCUT2D eigenvalue weighted by Crippen LogP contribution is -2.50. The van der Waals surface area contributed by atoms with E-state index in [0.29, 0.717) is 43.4 Å². The average molecular weight is 438 g/mol. The molecule has 1 saturated heterocycles. The number of piperazine rings is 1. The third kappa shape index (κ3) is 4.06. The van der Waals surface area contributed by atoms with Gasteiger partial charge in [0.15, 0.2) is 18.1 Å². The lowest BCUT2D eigenvalue weighted by Gasteiger charge is -2.35. The van der Waals surface area contributed by atoms with E-state index >= 15 is 0 Å². The zero-order chi connectivity index (χ0) is 21.2. The highest BCUT2D eigenvalue weighted by molar-refractivity contribution is 7.08. The summed E-state index contributed by atoms with van der Waals surface area (Å²) in [5.74, 6) is 1.58. The molecule has 1 aromatic carbocycles. The van der Waals surface area contributed by atoms with Crippen LogP contribution in [0.3, 0.4) is 0 Å². The molecule has 0 radical (unpaired) electrons. The van der Waals surface area contributed by atoms with E-state index in [4.69, 9.17) is 9.84 Å². The molecule has 1 aliphatic rings. The van der Waals surface area contributed by atoms with Crippen LogP contribution in [0.15, 0.2) is 53.2 Å². The number of aromatic nitrogens is 4. The van der Waals surface area contributed by atoms with E-state index < -0.39 is 0 Å². The predicted octanol–water partition coefficient (Wildman–Crippen LogP) is 2.72. The molecule has 0 unspecified atom stereocenters. The summed E-state index contributed by atoms with van der Waals surface area (Å²) in [7, 11) is 0. The fourth-order valence-electron chi connectivity index (χ4n) is 3.47. The number of amides is 1. The van der Waals surface area contributed by atoms with E-state index in [-0.39, 0.29) is 18.3 Å². The minimum absolute atomic E-state index is 0.0689. The Kier molecular flexibility index (Phi) is 5.21. The van der Waals surface area contributed by atoms with Crippen LogP contribution in [-0.4, -0.2) is 63.4 Å². The fourth-order valence-corrected chi connectivity index (χ4v) is 4.11. The van der Waals surface area contributed by atoms with Crippen LogP contribution >= 0.6 is 11.3 Å². The summed E-state index contributed by atoms with van der Waals surface area (Å²) < 4.78 is 20.2. The van der Waals surface area contributed by atoms with Gasteiger partial charge in [0, 0.05) is 37.1 Å². The van der Waals surface area contributed by atoms with Gasteiger partial charge in [-0.3, -0.25) is 4.79 Å². The Balaban J connectivity index is 1.22. The van der Waals surface area contributed by atoms with Gasteiger partial charge in [-0.05, 0) is 47.8 Å². The zero-order valence-electron chi connectivity index (χ0n) is 16.5. The SMILES string of the molecule is O=C(COc1ccc(F)cc1)N1CCN(c2ccc3nnc(-c4ccsc4)n3n2)CC1.